The third-order valence-electron chi connectivity index (χ3n) is 4.21. The standard InChI is InChI=1S/C17H20FNO2/c1-2-12(10-18)11-21-15-5-6-16-13(9-15)7-8-19(17(16)20)14-3-4-14/h5-6,9-10,14H,2-4,7-8,11H2,1H3/b12-10-. The molecule has 1 heterocycles. The van der Waals surface area contributed by atoms with Crippen LogP contribution in [0.3, 0.4) is 0 Å². The zero-order valence-electron chi connectivity index (χ0n) is 12.3. The van der Waals surface area contributed by atoms with Crippen LogP contribution in [0.5, 0.6) is 5.75 Å². The molecule has 1 saturated carbocycles. The summed E-state index contributed by atoms with van der Waals surface area (Å²) in [6.07, 6.45) is 4.38. The highest BCUT2D eigenvalue weighted by molar-refractivity contribution is 5.97. The summed E-state index contributed by atoms with van der Waals surface area (Å²) >= 11 is 0. The summed E-state index contributed by atoms with van der Waals surface area (Å²) in [5.41, 5.74) is 2.46. The average Bonchev–Trinajstić information content (AvgIpc) is 3.33. The van der Waals surface area contributed by atoms with Gasteiger partial charge in [-0.25, -0.2) is 4.39 Å². The Balaban J connectivity index is 1.72. The average molecular weight is 289 g/mol. The molecule has 0 unspecified atom stereocenters. The van der Waals surface area contributed by atoms with Crippen molar-refractivity contribution >= 4 is 5.91 Å². The SMILES string of the molecule is CC/C(=C/F)COc1ccc2c(c1)CCN(C1CC1)C2=O. The number of halogens is 1. The summed E-state index contributed by atoms with van der Waals surface area (Å²) in [6, 6.07) is 6.02. The molecule has 1 fully saturated rings. The normalized spacial score (nSPS) is 18.7. The lowest BCUT2D eigenvalue weighted by atomic mass is 9.98. The first-order valence-corrected chi connectivity index (χ1v) is 7.57. The maximum Gasteiger partial charge on any atom is 0.254 e. The molecule has 0 spiro atoms. The topological polar surface area (TPSA) is 29.5 Å². The fourth-order valence-corrected chi connectivity index (χ4v) is 2.69. The Morgan fingerprint density at radius 3 is 2.95 bits per heavy atom. The van der Waals surface area contributed by atoms with Gasteiger partial charge in [-0.15, -0.1) is 0 Å². The van der Waals surface area contributed by atoms with E-state index in [1.165, 1.54) is 0 Å². The van der Waals surface area contributed by atoms with Crippen molar-refractivity contribution in [3.05, 3.63) is 41.2 Å². The van der Waals surface area contributed by atoms with Crippen LogP contribution in [-0.2, 0) is 6.42 Å². The first-order chi connectivity index (χ1) is 10.2. The van der Waals surface area contributed by atoms with E-state index in [0.717, 1.165) is 36.9 Å². The molecule has 1 amide bonds. The number of carbonyl (C=O) groups excluding carboxylic acids is 1. The molecule has 1 aliphatic carbocycles. The van der Waals surface area contributed by atoms with E-state index in [4.69, 9.17) is 4.74 Å². The number of rotatable bonds is 5. The molecule has 0 bridgehead atoms. The van der Waals surface area contributed by atoms with Gasteiger partial charge in [-0.05, 0) is 55.0 Å². The molecule has 0 aromatic heterocycles. The summed E-state index contributed by atoms with van der Waals surface area (Å²) in [4.78, 5) is 14.4. The van der Waals surface area contributed by atoms with Crippen LogP contribution in [0.4, 0.5) is 4.39 Å². The molecule has 1 aromatic carbocycles. The minimum Gasteiger partial charge on any atom is -0.489 e. The summed E-state index contributed by atoms with van der Waals surface area (Å²) in [6.45, 7) is 2.95. The van der Waals surface area contributed by atoms with E-state index < -0.39 is 0 Å². The second kappa shape index (κ2) is 5.88. The van der Waals surface area contributed by atoms with Crippen molar-refractivity contribution in [3.63, 3.8) is 0 Å². The maximum atomic E-state index is 12.5. The van der Waals surface area contributed by atoms with E-state index in [1.54, 1.807) is 6.07 Å². The summed E-state index contributed by atoms with van der Waals surface area (Å²) < 4.78 is 18.1. The number of ether oxygens (including phenoxy) is 1. The fourth-order valence-electron chi connectivity index (χ4n) is 2.69. The molecule has 4 heteroatoms. The lowest BCUT2D eigenvalue weighted by molar-refractivity contribution is 0.0727. The molecule has 0 saturated heterocycles. The largest absolute Gasteiger partial charge is 0.489 e. The molecular weight excluding hydrogens is 269 g/mol. The molecule has 1 aliphatic heterocycles. The molecule has 2 aliphatic rings. The molecule has 0 radical (unpaired) electrons. The monoisotopic (exact) mass is 289 g/mol. The molecule has 0 N–H and O–H groups in total. The van der Waals surface area contributed by atoms with E-state index in [0.29, 0.717) is 30.1 Å². The number of fused-ring (bicyclic) bond motifs is 1. The van der Waals surface area contributed by atoms with Gasteiger partial charge >= 0.3 is 0 Å². The number of benzene rings is 1. The van der Waals surface area contributed by atoms with Gasteiger partial charge in [0.05, 0.1) is 6.33 Å². The van der Waals surface area contributed by atoms with Crippen molar-refractivity contribution in [3.8, 4) is 5.75 Å². The quantitative estimate of drug-likeness (QED) is 0.830. The van der Waals surface area contributed by atoms with Gasteiger partial charge in [0, 0.05) is 18.2 Å². The van der Waals surface area contributed by atoms with Crippen LogP contribution in [0.1, 0.15) is 42.1 Å². The highest BCUT2D eigenvalue weighted by Crippen LogP contribution is 2.32. The van der Waals surface area contributed by atoms with Crippen LogP contribution in [0.25, 0.3) is 0 Å². The van der Waals surface area contributed by atoms with Gasteiger partial charge in [-0.1, -0.05) is 6.92 Å². The van der Waals surface area contributed by atoms with Gasteiger partial charge < -0.3 is 9.64 Å². The minimum atomic E-state index is 0.142. The van der Waals surface area contributed by atoms with E-state index in [9.17, 15) is 9.18 Å². The number of nitrogens with zero attached hydrogens (tertiary/aromatic N) is 1. The van der Waals surface area contributed by atoms with Gasteiger partial charge in [0.1, 0.15) is 12.4 Å². The minimum absolute atomic E-state index is 0.142. The van der Waals surface area contributed by atoms with Crippen LogP contribution >= 0.6 is 0 Å². The van der Waals surface area contributed by atoms with Crippen molar-refractivity contribution < 1.29 is 13.9 Å². The van der Waals surface area contributed by atoms with Gasteiger partial charge in [-0.2, -0.15) is 0 Å². The third-order valence-corrected chi connectivity index (χ3v) is 4.21. The van der Waals surface area contributed by atoms with Crippen LogP contribution in [0, 0.1) is 0 Å². The molecular formula is C17H20FNO2. The smallest absolute Gasteiger partial charge is 0.254 e. The number of hydrogen-bond donors (Lipinski definition) is 0. The Labute approximate surface area is 124 Å². The van der Waals surface area contributed by atoms with Crippen molar-refractivity contribution in [1.82, 2.24) is 4.90 Å². The third kappa shape index (κ3) is 2.94. The molecule has 0 atom stereocenters. The lowest BCUT2D eigenvalue weighted by Gasteiger charge is -2.28. The number of amides is 1. The van der Waals surface area contributed by atoms with Crippen molar-refractivity contribution in [2.75, 3.05) is 13.2 Å². The lowest BCUT2D eigenvalue weighted by Crippen LogP contribution is -2.39. The Hall–Kier alpha value is -1.84. The molecule has 21 heavy (non-hydrogen) atoms. The zero-order chi connectivity index (χ0) is 14.8. The highest BCUT2D eigenvalue weighted by Gasteiger charge is 2.35. The van der Waals surface area contributed by atoms with Crippen molar-refractivity contribution in [2.45, 2.75) is 38.6 Å². The maximum absolute atomic E-state index is 12.5. The molecule has 3 nitrogen and oxygen atoms in total. The van der Waals surface area contributed by atoms with E-state index >= 15 is 0 Å². The summed E-state index contributed by atoms with van der Waals surface area (Å²) in [5.74, 6) is 0.845. The van der Waals surface area contributed by atoms with E-state index in [-0.39, 0.29) is 12.5 Å². The predicted molar refractivity (Wildman–Crippen MR) is 79.2 cm³/mol. The van der Waals surface area contributed by atoms with E-state index in [1.807, 2.05) is 24.0 Å². The Bertz CT molecular complexity index is 578. The van der Waals surface area contributed by atoms with Crippen LogP contribution in [0.15, 0.2) is 30.1 Å². The molecule has 112 valence electrons. The first kappa shape index (κ1) is 14.1. The van der Waals surface area contributed by atoms with Crippen LogP contribution in [-0.4, -0.2) is 30.0 Å². The first-order valence-electron chi connectivity index (χ1n) is 7.57. The second-order valence-corrected chi connectivity index (χ2v) is 5.71. The zero-order valence-corrected chi connectivity index (χ0v) is 12.3. The van der Waals surface area contributed by atoms with Crippen molar-refractivity contribution in [2.24, 2.45) is 0 Å². The van der Waals surface area contributed by atoms with Gasteiger partial charge in [-0.3, -0.25) is 4.79 Å². The molecule has 1 aromatic rings. The second-order valence-electron chi connectivity index (χ2n) is 5.71. The van der Waals surface area contributed by atoms with E-state index in [2.05, 4.69) is 0 Å². The Kier molecular flexibility index (Phi) is 3.95. The summed E-state index contributed by atoms with van der Waals surface area (Å²) in [5, 5.41) is 0. The number of carbonyl (C=O) groups is 1. The van der Waals surface area contributed by atoms with Gasteiger partial charge in [0.25, 0.3) is 5.91 Å². The van der Waals surface area contributed by atoms with Crippen LogP contribution in [0.2, 0.25) is 0 Å². The summed E-state index contributed by atoms with van der Waals surface area (Å²) in [7, 11) is 0. The Morgan fingerprint density at radius 2 is 2.29 bits per heavy atom. The Morgan fingerprint density at radius 1 is 1.48 bits per heavy atom. The number of hydrogen-bond acceptors (Lipinski definition) is 2. The van der Waals surface area contributed by atoms with Crippen molar-refractivity contribution in [1.29, 1.82) is 0 Å². The highest BCUT2D eigenvalue weighted by atomic mass is 19.1. The fraction of sp³-hybridized carbons (Fsp3) is 0.471. The van der Waals surface area contributed by atoms with Gasteiger partial charge in [0.2, 0.25) is 0 Å². The van der Waals surface area contributed by atoms with Gasteiger partial charge in [0.15, 0.2) is 0 Å². The van der Waals surface area contributed by atoms with Crippen LogP contribution < -0.4 is 4.74 Å². The molecule has 3 rings (SSSR count). The predicted octanol–water partition coefficient (Wildman–Crippen LogP) is 3.49.